The van der Waals surface area contributed by atoms with Gasteiger partial charge in [0.1, 0.15) is 0 Å². The lowest BCUT2D eigenvalue weighted by molar-refractivity contribution is -0.185. The van der Waals surface area contributed by atoms with Crippen molar-refractivity contribution in [3.63, 3.8) is 0 Å². The predicted octanol–water partition coefficient (Wildman–Crippen LogP) is -1.08. The minimum Gasteiger partial charge on any atom is -0.479 e. The molecule has 0 aliphatic carbocycles. The van der Waals surface area contributed by atoms with Gasteiger partial charge >= 0.3 is 11.9 Å². The molecule has 0 aliphatic heterocycles. The zero-order chi connectivity index (χ0) is 9.94. The Morgan fingerprint density at radius 1 is 1.42 bits per heavy atom. The van der Waals surface area contributed by atoms with Crippen LogP contribution in [0.1, 0.15) is 6.92 Å². The summed E-state index contributed by atoms with van der Waals surface area (Å²) in [6, 6.07) is 0. The molecule has 0 saturated carbocycles. The van der Waals surface area contributed by atoms with Crippen LogP contribution in [0.5, 0.6) is 0 Å². The Bertz CT molecular complexity index is 200. The van der Waals surface area contributed by atoms with Crippen LogP contribution < -0.4 is 0 Å². The largest absolute Gasteiger partial charge is 0.479 e. The van der Waals surface area contributed by atoms with E-state index in [1.807, 2.05) is 0 Å². The smallest absolute Gasteiger partial charge is 0.339 e. The predicted molar refractivity (Wildman–Crippen MR) is 36.7 cm³/mol. The SMILES string of the molecule is CO[C@@](C)(C(=O)O)[C@@H](O)C(=O)O. The summed E-state index contributed by atoms with van der Waals surface area (Å²) in [5.41, 5.74) is -2.11. The van der Waals surface area contributed by atoms with E-state index in [2.05, 4.69) is 4.74 Å². The average Bonchev–Trinajstić information content (AvgIpc) is 2.01. The van der Waals surface area contributed by atoms with Crippen molar-refractivity contribution in [1.29, 1.82) is 0 Å². The summed E-state index contributed by atoms with van der Waals surface area (Å²) in [7, 11) is 1.01. The molecule has 3 N–H and O–H groups in total. The highest BCUT2D eigenvalue weighted by Crippen LogP contribution is 2.15. The van der Waals surface area contributed by atoms with E-state index in [-0.39, 0.29) is 0 Å². The summed E-state index contributed by atoms with van der Waals surface area (Å²) < 4.78 is 4.39. The van der Waals surface area contributed by atoms with Gasteiger partial charge in [0.05, 0.1) is 0 Å². The van der Waals surface area contributed by atoms with E-state index >= 15 is 0 Å². The first-order valence-electron chi connectivity index (χ1n) is 3.05. The molecule has 0 fully saturated rings. The lowest BCUT2D eigenvalue weighted by Crippen LogP contribution is -2.52. The molecule has 0 rings (SSSR count). The number of aliphatic hydroxyl groups is 1. The summed E-state index contributed by atoms with van der Waals surface area (Å²) in [4.78, 5) is 20.7. The zero-order valence-corrected chi connectivity index (χ0v) is 6.64. The highest BCUT2D eigenvalue weighted by atomic mass is 16.5. The van der Waals surface area contributed by atoms with E-state index in [0.29, 0.717) is 0 Å². The maximum atomic E-state index is 10.4. The molecule has 0 spiro atoms. The van der Waals surface area contributed by atoms with Crippen molar-refractivity contribution in [1.82, 2.24) is 0 Å². The number of aliphatic carboxylic acids is 2. The van der Waals surface area contributed by atoms with Crippen LogP contribution in [-0.4, -0.2) is 46.1 Å². The van der Waals surface area contributed by atoms with Gasteiger partial charge in [0.15, 0.2) is 11.7 Å². The Labute approximate surface area is 68.4 Å². The topological polar surface area (TPSA) is 104 Å². The van der Waals surface area contributed by atoms with Crippen molar-refractivity contribution < 1.29 is 29.6 Å². The second-order valence-electron chi connectivity index (χ2n) is 2.36. The number of carbonyl (C=O) groups is 2. The molecule has 0 heterocycles. The fraction of sp³-hybridized carbons (Fsp3) is 0.667. The van der Waals surface area contributed by atoms with E-state index in [9.17, 15) is 9.59 Å². The van der Waals surface area contributed by atoms with Crippen molar-refractivity contribution in [2.75, 3.05) is 7.11 Å². The van der Waals surface area contributed by atoms with E-state index in [0.717, 1.165) is 14.0 Å². The number of aliphatic hydroxyl groups excluding tert-OH is 1. The molecular weight excluding hydrogens is 168 g/mol. The summed E-state index contributed by atoms with van der Waals surface area (Å²) in [6.45, 7) is 0.980. The summed E-state index contributed by atoms with van der Waals surface area (Å²) in [5.74, 6) is -3.17. The Morgan fingerprint density at radius 2 is 1.83 bits per heavy atom. The lowest BCUT2D eigenvalue weighted by atomic mass is 9.99. The number of carboxylic acid groups (broad SMARTS) is 2. The maximum absolute atomic E-state index is 10.4. The Kier molecular flexibility index (Phi) is 3.17. The van der Waals surface area contributed by atoms with E-state index in [4.69, 9.17) is 15.3 Å². The summed E-state index contributed by atoms with van der Waals surface area (Å²) in [6.07, 6.45) is -2.08. The van der Waals surface area contributed by atoms with Crippen LogP contribution in [0.4, 0.5) is 0 Å². The molecule has 0 amide bonds. The minimum absolute atomic E-state index is 0.980. The van der Waals surface area contributed by atoms with Crippen molar-refractivity contribution in [2.24, 2.45) is 0 Å². The highest BCUT2D eigenvalue weighted by molar-refractivity contribution is 5.86. The quantitative estimate of drug-likeness (QED) is 0.506. The standard InChI is InChI=1S/C6H10O6/c1-6(12-2,5(10)11)3(7)4(8)9/h3,7H,1-2H3,(H,8,9)(H,10,11)/t3-,6+/m0/s1. The normalized spacial score (nSPS) is 17.9. The van der Waals surface area contributed by atoms with Crippen LogP contribution in [-0.2, 0) is 14.3 Å². The molecule has 6 nitrogen and oxygen atoms in total. The number of carboxylic acids is 2. The summed E-state index contributed by atoms with van der Waals surface area (Å²) in [5, 5.41) is 25.7. The fourth-order valence-electron chi connectivity index (χ4n) is 0.552. The second kappa shape index (κ2) is 3.51. The van der Waals surface area contributed by atoms with Gasteiger partial charge in [-0.3, -0.25) is 0 Å². The number of hydrogen-bond acceptors (Lipinski definition) is 4. The number of hydrogen-bond donors (Lipinski definition) is 3. The Hall–Kier alpha value is -1.14. The first-order valence-corrected chi connectivity index (χ1v) is 3.05. The molecule has 0 unspecified atom stereocenters. The van der Waals surface area contributed by atoms with E-state index in [1.165, 1.54) is 0 Å². The third-order valence-corrected chi connectivity index (χ3v) is 1.60. The van der Waals surface area contributed by atoms with Crippen LogP contribution in [0.15, 0.2) is 0 Å². The van der Waals surface area contributed by atoms with Crippen LogP contribution >= 0.6 is 0 Å². The van der Waals surface area contributed by atoms with Crippen LogP contribution in [0.25, 0.3) is 0 Å². The molecule has 0 aliphatic rings. The number of methoxy groups -OCH3 is 1. The third-order valence-electron chi connectivity index (χ3n) is 1.60. The van der Waals surface area contributed by atoms with Gasteiger partial charge in [-0.25, -0.2) is 9.59 Å². The first kappa shape index (κ1) is 10.9. The Balaban J connectivity index is 4.75. The van der Waals surface area contributed by atoms with Gasteiger partial charge in [0.2, 0.25) is 0 Å². The molecule has 0 aromatic heterocycles. The van der Waals surface area contributed by atoms with Gasteiger partial charge in [-0.05, 0) is 6.92 Å². The monoisotopic (exact) mass is 178 g/mol. The minimum atomic E-state index is -2.11. The van der Waals surface area contributed by atoms with Crippen molar-refractivity contribution in [3.05, 3.63) is 0 Å². The van der Waals surface area contributed by atoms with Crippen LogP contribution in [0.2, 0.25) is 0 Å². The van der Waals surface area contributed by atoms with Crippen LogP contribution in [0.3, 0.4) is 0 Å². The van der Waals surface area contributed by atoms with E-state index < -0.39 is 23.6 Å². The first-order chi connectivity index (χ1) is 5.36. The third kappa shape index (κ3) is 1.72. The van der Waals surface area contributed by atoms with Crippen molar-refractivity contribution in [3.8, 4) is 0 Å². The van der Waals surface area contributed by atoms with Gasteiger partial charge < -0.3 is 20.1 Å². The van der Waals surface area contributed by atoms with Gasteiger partial charge in [0.25, 0.3) is 0 Å². The molecule has 0 aromatic rings. The Morgan fingerprint density at radius 3 is 1.92 bits per heavy atom. The molecule has 0 radical (unpaired) electrons. The molecular formula is C6H10O6. The van der Waals surface area contributed by atoms with E-state index in [1.54, 1.807) is 0 Å². The molecule has 6 heteroatoms. The zero-order valence-electron chi connectivity index (χ0n) is 6.64. The molecule has 12 heavy (non-hydrogen) atoms. The van der Waals surface area contributed by atoms with Gasteiger partial charge in [-0.15, -0.1) is 0 Å². The number of rotatable bonds is 4. The molecule has 70 valence electrons. The molecule has 0 aromatic carbocycles. The lowest BCUT2D eigenvalue weighted by Gasteiger charge is -2.25. The molecule has 2 atom stereocenters. The van der Waals surface area contributed by atoms with Gasteiger partial charge in [-0.1, -0.05) is 0 Å². The average molecular weight is 178 g/mol. The van der Waals surface area contributed by atoms with Gasteiger partial charge in [0, 0.05) is 7.11 Å². The highest BCUT2D eigenvalue weighted by Gasteiger charge is 2.45. The summed E-state index contributed by atoms with van der Waals surface area (Å²) >= 11 is 0. The second-order valence-corrected chi connectivity index (χ2v) is 2.36. The molecule has 0 saturated heterocycles. The maximum Gasteiger partial charge on any atom is 0.339 e. The van der Waals surface area contributed by atoms with Crippen molar-refractivity contribution >= 4 is 11.9 Å². The van der Waals surface area contributed by atoms with Crippen molar-refractivity contribution in [2.45, 2.75) is 18.6 Å². The number of ether oxygens (including phenoxy) is 1. The van der Waals surface area contributed by atoms with Crippen LogP contribution in [0, 0.1) is 0 Å². The fourth-order valence-corrected chi connectivity index (χ4v) is 0.552. The van der Waals surface area contributed by atoms with Gasteiger partial charge in [-0.2, -0.15) is 0 Å². The molecule has 0 bridgehead atoms.